The van der Waals surface area contributed by atoms with Gasteiger partial charge in [-0.15, -0.1) is 0 Å². The molecule has 0 unspecified atom stereocenters. The van der Waals surface area contributed by atoms with Crippen molar-refractivity contribution >= 4 is 5.97 Å². The van der Waals surface area contributed by atoms with E-state index in [-0.39, 0.29) is 0 Å². The minimum atomic E-state index is -0.677. The highest BCUT2D eigenvalue weighted by atomic mass is 16.4. The summed E-state index contributed by atoms with van der Waals surface area (Å²) in [5, 5.41) is 8.56. The monoisotopic (exact) mass is 213 g/mol. The Balaban J connectivity index is 2.19. The molecule has 0 aromatic carbocycles. The minimum Gasteiger partial charge on any atom is -0.481 e. The van der Waals surface area contributed by atoms with E-state index in [4.69, 9.17) is 5.11 Å². The summed E-state index contributed by atoms with van der Waals surface area (Å²) in [5.41, 5.74) is 0. The molecule has 1 rings (SSSR count). The fourth-order valence-corrected chi connectivity index (χ4v) is 2.36. The van der Waals surface area contributed by atoms with E-state index in [2.05, 4.69) is 11.9 Å². The highest BCUT2D eigenvalue weighted by Gasteiger charge is 2.16. The van der Waals surface area contributed by atoms with Crippen LogP contribution in [0.5, 0.6) is 0 Å². The normalized spacial score (nSPS) is 19.1. The Kier molecular flexibility index (Phi) is 5.69. The van der Waals surface area contributed by atoms with Crippen molar-refractivity contribution in [3.8, 4) is 0 Å². The van der Waals surface area contributed by atoms with Crippen LogP contribution in [-0.2, 0) is 4.79 Å². The number of hydrogen-bond donors (Lipinski definition) is 1. The summed E-state index contributed by atoms with van der Waals surface area (Å²) in [7, 11) is 2.14. The first-order chi connectivity index (χ1) is 7.20. The average Bonchev–Trinajstić information content (AvgIpc) is 2.44. The Morgan fingerprint density at radius 2 is 1.87 bits per heavy atom. The summed E-state index contributed by atoms with van der Waals surface area (Å²) in [6.07, 6.45) is 9.10. The second kappa shape index (κ2) is 6.83. The molecule has 1 fully saturated rings. The molecule has 0 aliphatic heterocycles. The van der Waals surface area contributed by atoms with Gasteiger partial charge in [0.05, 0.1) is 0 Å². The number of hydrogen-bond acceptors (Lipinski definition) is 2. The zero-order valence-corrected chi connectivity index (χ0v) is 9.74. The maximum absolute atomic E-state index is 10.4. The lowest BCUT2D eigenvalue weighted by atomic mass is 10.1. The van der Waals surface area contributed by atoms with Crippen LogP contribution in [0.25, 0.3) is 0 Å². The smallest absolute Gasteiger partial charge is 0.303 e. The van der Waals surface area contributed by atoms with Crippen LogP contribution in [0.15, 0.2) is 0 Å². The molecule has 1 aliphatic rings. The van der Waals surface area contributed by atoms with Crippen molar-refractivity contribution in [3.05, 3.63) is 0 Å². The van der Waals surface area contributed by atoms with Gasteiger partial charge in [-0.25, -0.2) is 0 Å². The van der Waals surface area contributed by atoms with Gasteiger partial charge in [0.15, 0.2) is 0 Å². The second-order valence-electron chi connectivity index (χ2n) is 4.62. The summed E-state index contributed by atoms with van der Waals surface area (Å²) in [6, 6.07) is 0.696. The van der Waals surface area contributed by atoms with Crippen molar-refractivity contribution in [3.63, 3.8) is 0 Å². The van der Waals surface area contributed by atoms with E-state index in [9.17, 15) is 4.79 Å². The molecule has 0 spiro atoms. The van der Waals surface area contributed by atoms with Crippen LogP contribution in [0.1, 0.15) is 51.4 Å². The molecule has 1 aliphatic carbocycles. The zero-order chi connectivity index (χ0) is 11.1. The Bertz CT molecular complexity index is 186. The van der Waals surface area contributed by atoms with Gasteiger partial charge in [0.2, 0.25) is 0 Å². The molecule has 1 saturated carbocycles. The average molecular weight is 213 g/mol. The van der Waals surface area contributed by atoms with Gasteiger partial charge >= 0.3 is 5.97 Å². The van der Waals surface area contributed by atoms with Crippen molar-refractivity contribution in [2.75, 3.05) is 13.6 Å². The van der Waals surface area contributed by atoms with E-state index < -0.39 is 5.97 Å². The van der Waals surface area contributed by atoms with Crippen LogP contribution in [0.4, 0.5) is 0 Å². The third-order valence-corrected chi connectivity index (χ3v) is 3.35. The van der Waals surface area contributed by atoms with Crippen molar-refractivity contribution in [2.45, 2.75) is 57.4 Å². The maximum Gasteiger partial charge on any atom is 0.303 e. The second-order valence-corrected chi connectivity index (χ2v) is 4.62. The molecule has 3 heteroatoms. The molecular weight excluding hydrogens is 190 g/mol. The Labute approximate surface area is 92.5 Å². The molecule has 0 saturated heterocycles. The minimum absolute atomic E-state index is 0.303. The summed E-state index contributed by atoms with van der Waals surface area (Å²) in [4.78, 5) is 12.7. The molecule has 0 bridgehead atoms. The van der Waals surface area contributed by atoms with Gasteiger partial charge < -0.3 is 10.0 Å². The highest BCUT2D eigenvalue weighted by molar-refractivity contribution is 5.66. The molecule has 0 atom stereocenters. The van der Waals surface area contributed by atoms with Crippen LogP contribution in [0.3, 0.4) is 0 Å². The Morgan fingerprint density at radius 3 is 2.40 bits per heavy atom. The van der Waals surface area contributed by atoms with E-state index in [1.165, 1.54) is 38.5 Å². The molecule has 0 radical (unpaired) electrons. The van der Waals surface area contributed by atoms with Gasteiger partial charge in [-0.3, -0.25) is 4.79 Å². The summed E-state index contributed by atoms with van der Waals surface area (Å²) in [6.45, 7) is 0.928. The molecule has 0 heterocycles. The molecule has 0 amide bonds. The van der Waals surface area contributed by atoms with Gasteiger partial charge in [0, 0.05) is 12.5 Å². The predicted octanol–water partition coefficient (Wildman–Crippen LogP) is 2.51. The lowest BCUT2D eigenvalue weighted by Crippen LogP contribution is -2.32. The van der Waals surface area contributed by atoms with E-state index in [1.807, 2.05) is 0 Å². The fourth-order valence-electron chi connectivity index (χ4n) is 2.36. The maximum atomic E-state index is 10.4. The Hall–Kier alpha value is -0.570. The quantitative estimate of drug-likeness (QED) is 0.713. The van der Waals surface area contributed by atoms with Crippen LogP contribution >= 0.6 is 0 Å². The van der Waals surface area contributed by atoms with Crippen molar-refractivity contribution in [1.29, 1.82) is 0 Å². The third kappa shape index (κ3) is 5.17. The first-order valence-electron chi connectivity index (χ1n) is 6.12. The van der Waals surface area contributed by atoms with E-state index in [1.54, 1.807) is 0 Å². The van der Waals surface area contributed by atoms with E-state index in [0.29, 0.717) is 12.5 Å². The number of rotatable bonds is 5. The van der Waals surface area contributed by atoms with Crippen LogP contribution in [0, 0.1) is 0 Å². The summed E-state index contributed by atoms with van der Waals surface area (Å²) in [5.74, 6) is -0.677. The number of nitrogens with zero attached hydrogens (tertiary/aromatic N) is 1. The number of carbonyl (C=O) groups is 1. The molecule has 0 aromatic rings. The molecular formula is C12H23NO2. The topological polar surface area (TPSA) is 40.5 Å². The standard InChI is InChI=1S/C12H23NO2/c1-13(10-6-9-12(14)15)11-7-4-2-3-5-8-11/h11H,2-10H2,1H3,(H,14,15). The zero-order valence-electron chi connectivity index (χ0n) is 9.74. The van der Waals surface area contributed by atoms with Gasteiger partial charge in [0.25, 0.3) is 0 Å². The van der Waals surface area contributed by atoms with E-state index >= 15 is 0 Å². The molecule has 88 valence electrons. The van der Waals surface area contributed by atoms with Gasteiger partial charge in [0.1, 0.15) is 0 Å². The molecule has 3 nitrogen and oxygen atoms in total. The van der Waals surface area contributed by atoms with Crippen molar-refractivity contribution in [1.82, 2.24) is 4.90 Å². The van der Waals surface area contributed by atoms with Crippen LogP contribution < -0.4 is 0 Å². The molecule has 0 aromatic heterocycles. The van der Waals surface area contributed by atoms with Gasteiger partial charge in [-0.1, -0.05) is 25.7 Å². The largest absolute Gasteiger partial charge is 0.481 e. The predicted molar refractivity (Wildman–Crippen MR) is 61.0 cm³/mol. The highest BCUT2D eigenvalue weighted by Crippen LogP contribution is 2.21. The first kappa shape index (κ1) is 12.5. The summed E-state index contributed by atoms with van der Waals surface area (Å²) >= 11 is 0. The van der Waals surface area contributed by atoms with Crippen LogP contribution in [0.2, 0.25) is 0 Å². The molecule has 1 N–H and O–H groups in total. The number of carboxylic acids is 1. The number of carboxylic acid groups (broad SMARTS) is 1. The van der Waals surface area contributed by atoms with Crippen molar-refractivity contribution < 1.29 is 9.90 Å². The summed E-state index contributed by atoms with van der Waals surface area (Å²) < 4.78 is 0. The number of aliphatic carboxylic acids is 1. The van der Waals surface area contributed by atoms with Gasteiger partial charge in [-0.05, 0) is 32.9 Å². The van der Waals surface area contributed by atoms with Gasteiger partial charge in [-0.2, -0.15) is 0 Å². The SMILES string of the molecule is CN(CCCC(=O)O)C1CCCCCC1. The van der Waals surface area contributed by atoms with Crippen LogP contribution in [-0.4, -0.2) is 35.6 Å². The fraction of sp³-hybridized carbons (Fsp3) is 0.917. The molecule has 15 heavy (non-hydrogen) atoms. The lowest BCUT2D eigenvalue weighted by molar-refractivity contribution is -0.137. The third-order valence-electron chi connectivity index (χ3n) is 3.35. The Morgan fingerprint density at radius 1 is 1.27 bits per heavy atom. The van der Waals surface area contributed by atoms with Crippen molar-refractivity contribution in [2.24, 2.45) is 0 Å². The van der Waals surface area contributed by atoms with E-state index in [0.717, 1.165) is 13.0 Å². The lowest BCUT2D eigenvalue weighted by Gasteiger charge is -2.26. The first-order valence-corrected chi connectivity index (χ1v) is 6.12.